The number of Topliss-reactive ketones (excluding diaryl/α,β-unsaturated/α-hetero) is 1. The van der Waals surface area contributed by atoms with Crippen LogP contribution in [0.4, 0.5) is 0 Å². The number of nitrogens with zero attached hydrogens (tertiary/aromatic N) is 3. The van der Waals surface area contributed by atoms with Crippen molar-refractivity contribution in [3.63, 3.8) is 0 Å². The molecule has 2 heterocycles. The van der Waals surface area contributed by atoms with Crippen molar-refractivity contribution >= 4 is 21.7 Å². The number of ketones is 1. The number of pyridine rings is 1. The smallest absolute Gasteiger partial charge is 0.174 e. The number of rotatable bonds is 3. The second-order valence-electron chi connectivity index (χ2n) is 2.93. The van der Waals surface area contributed by atoms with E-state index in [2.05, 4.69) is 25.9 Å². The van der Waals surface area contributed by atoms with E-state index in [9.17, 15) is 4.79 Å². The zero-order valence-electron chi connectivity index (χ0n) is 7.80. The summed E-state index contributed by atoms with van der Waals surface area (Å²) in [5.41, 5.74) is 0.607. The van der Waals surface area contributed by atoms with Gasteiger partial charge in [0.25, 0.3) is 0 Å². The van der Waals surface area contributed by atoms with Crippen LogP contribution in [0.25, 0.3) is 5.82 Å². The van der Waals surface area contributed by atoms with Gasteiger partial charge in [0.05, 0.1) is 5.33 Å². The van der Waals surface area contributed by atoms with Crippen molar-refractivity contribution in [3.05, 3.63) is 42.6 Å². The average Bonchev–Trinajstić information content (AvgIpc) is 2.82. The van der Waals surface area contributed by atoms with Gasteiger partial charge in [0.15, 0.2) is 5.78 Å². The molecule has 76 valence electrons. The third kappa shape index (κ3) is 2.12. The third-order valence-corrected chi connectivity index (χ3v) is 2.47. The molecule has 0 amide bonds. The highest BCUT2D eigenvalue weighted by Gasteiger charge is 2.04. The standard InChI is InChI=1S/C10H8BrN3O/c11-5-9(15)8-1-2-10(13-6-8)14-4-3-12-7-14/h1-4,6-7H,5H2. The Kier molecular flexibility index (Phi) is 2.91. The van der Waals surface area contributed by atoms with Crippen LogP contribution < -0.4 is 0 Å². The van der Waals surface area contributed by atoms with Crippen molar-refractivity contribution in [2.75, 3.05) is 5.33 Å². The Labute approximate surface area is 95.1 Å². The Morgan fingerprint density at radius 3 is 2.87 bits per heavy atom. The van der Waals surface area contributed by atoms with Gasteiger partial charge in [-0.1, -0.05) is 15.9 Å². The van der Waals surface area contributed by atoms with Crippen LogP contribution in [-0.4, -0.2) is 25.6 Å². The lowest BCUT2D eigenvalue weighted by Crippen LogP contribution is -2.02. The number of hydrogen-bond acceptors (Lipinski definition) is 3. The van der Waals surface area contributed by atoms with Crippen molar-refractivity contribution in [1.82, 2.24) is 14.5 Å². The summed E-state index contributed by atoms with van der Waals surface area (Å²) >= 11 is 3.12. The zero-order chi connectivity index (χ0) is 10.7. The molecule has 2 aromatic rings. The fourth-order valence-electron chi connectivity index (χ4n) is 1.18. The molecule has 0 fully saturated rings. The number of aromatic nitrogens is 3. The van der Waals surface area contributed by atoms with E-state index in [1.54, 1.807) is 41.6 Å². The molecule has 0 N–H and O–H groups in total. The number of alkyl halides is 1. The summed E-state index contributed by atoms with van der Waals surface area (Å²) in [6.07, 6.45) is 6.71. The van der Waals surface area contributed by atoms with E-state index in [4.69, 9.17) is 0 Å². The number of imidazole rings is 1. The average molecular weight is 266 g/mol. The van der Waals surface area contributed by atoms with E-state index in [0.717, 1.165) is 5.82 Å². The maximum atomic E-state index is 11.3. The minimum atomic E-state index is 0.0275. The van der Waals surface area contributed by atoms with Crippen LogP contribution in [0.2, 0.25) is 0 Å². The predicted octanol–water partition coefficient (Wildman–Crippen LogP) is 1.84. The molecule has 0 spiro atoms. The molecule has 0 saturated carbocycles. The van der Waals surface area contributed by atoms with Gasteiger partial charge in [-0.15, -0.1) is 0 Å². The highest BCUT2D eigenvalue weighted by Crippen LogP contribution is 2.06. The summed E-state index contributed by atoms with van der Waals surface area (Å²) in [4.78, 5) is 19.4. The zero-order valence-corrected chi connectivity index (χ0v) is 9.39. The first kappa shape index (κ1) is 10.0. The Hall–Kier alpha value is -1.49. The molecular weight excluding hydrogens is 258 g/mol. The van der Waals surface area contributed by atoms with E-state index in [1.807, 2.05) is 0 Å². The summed E-state index contributed by atoms with van der Waals surface area (Å²) in [5, 5.41) is 0.319. The fraction of sp³-hybridized carbons (Fsp3) is 0.100. The third-order valence-electron chi connectivity index (χ3n) is 1.96. The van der Waals surface area contributed by atoms with Gasteiger partial charge in [-0.3, -0.25) is 9.36 Å². The molecule has 4 nitrogen and oxygen atoms in total. The topological polar surface area (TPSA) is 47.8 Å². The second-order valence-corrected chi connectivity index (χ2v) is 3.49. The quantitative estimate of drug-likeness (QED) is 0.629. The molecule has 2 rings (SSSR count). The van der Waals surface area contributed by atoms with Crippen molar-refractivity contribution in [2.45, 2.75) is 0 Å². The summed E-state index contributed by atoms with van der Waals surface area (Å²) < 4.78 is 1.78. The molecule has 2 aromatic heterocycles. The number of carbonyl (C=O) groups excluding carboxylic acids is 1. The molecular formula is C10H8BrN3O. The lowest BCUT2D eigenvalue weighted by atomic mass is 10.2. The van der Waals surface area contributed by atoms with Gasteiger partial charge in [0, 0.05) is 24.2 Å². The van der Waals surface area contributed by atoms with Crippen LogP contribution in [0.3, 0.4) is 0 Å². The SMILES string of the molecule is O=C(CBr)c1ccc(-n2ccnc2)nc1. The highest BCUT2D eigenvalue weighted by atomic mass is 79.9. The molecule has 0 atom stereocenters. The maximum Gasteiger partial charge on any atom is 0.174 e. The van der Waals surface area contributed by atoms with Crippen LogP contribution in [0, 0.1) is 0 Å². The summed E-state index contributed by atoms with van der Waals surface area (Å²) in [6.45, 7) is 0. The van der Waals surface area contributed by atoms with Gasteiger partial charge >= 0.3 is 0 Å². The molecule has 0 aliphatic carbocycles. The second kappa shape index (κ2) is 4.35. The molecule has 0 radical (unpaired) electrons. The van der Waals surface area contributed by atoms with Crippen LogP contribution >= 0.6 is 15.9 Å². The number of carbonyl (C=O) groups is 1. The Morgan fingerprint density at radius 1 is 1.47 bits per heavy atom. The van der Waals surface area contributed by atoms with Crippen molar-refractivity contribution in [1.29, 1.82) is 0 Å². The van der Waals surface area contributed by atoms with E-state index < -0.39 is 0 Å². The molecule has 15 heavy (non-hydrogen) atoms. The van der Waals surface area contributed by atoms with Crippen LogP contribution in [0.15, 0.2) is 37.1 Å². The molecule has 5 heteroatoms. The molecule has 0 unspecified atom stereocenters. The van der Waals surface area contributed by atoms with Crippen molar-refractivity contribution < 1.29 is 4.79 Å². The highest BCUT2D eigenvalue weighted by molar-refractivity contribution is 9.09. The fourth-order valence-corrected chi connectivity index (χ4v) is 1.50. The van der Waals surface area contributed by atoms with Crippen molar-refractivity contribution in [2.24, 2.45) is 0 Å². The van der Waals surface area contributed by atoms with Crippen LogP contribution in [-0.2, 0) is 0 Å². The van der Waals surface area contributed by atoms with Gasteiger partial charge in [0.2, 0.25) is 0 Å². The van der Waals surface area contributed by atoms with Gasteiger partial charge in [-0.2, -0.15) is 0 Å². The van der Waals surface area contributed by atoms with E-state index in [1.165, 1.54) is 0 Å². The van der Waals surface area contributed by atoms with Gasteiger partial charge in [-0.25, -0.2) is 9.97 Å². The maximum absolute atomic E-state index is 11.3. The molecule has 0 aliphatic heterocycles. The van der Waals surface area contributed by atoms with E-state index >= 15 is 0 Å². The Morgan fingerprint density at radius 2 is 2.33 bits per heavy atom. The lowest BCUT2D eigenvalue weighted by molar-refractivity contribution is 0.102. The van der Waals surface area contributed by atoms with Gasteiger partial charge in [-0.05, 0) is 12.1 Å². The summed E-state index contributed by atoms with van der Waals surface area (Å²) in [5.74, 6) is 0.776. The van der Waals surface area contributed by atoms with Crippen LogP contribution in [0.5, 0.6) is 0 Å². The molecule has 0 saturated heterocycles. The molecule has 0 aliphatic rings. The largest absolute Gasteiger partial charge is 0.293 e. The molecule has 0 bridgehead atoms. The monoisotopic (exact) mass is 265 g/mol. The van der Waals surface area contributed by atoms with E-state index in [0.29, 0.717) is 10.9 Å². The first-order valence-electron chi connectivity index (χ1n) is 4.35. The minimum absolute atomic E-state index is 0.0275. The predicted molar refractivity (Wildman–Crippen MR) is 59.5 cm³/mol. The van der Waals surface area contributed by atoms with Gasteiger partial charge < -0.3 is 0 Å². The molecule has 0 aromatic carbocycles. The number of hydrogen-bond donors (Lipinski definition) is 0. The Balaban J connectivity index is 2.29. The van der Waals surface area contributed by atoms with E-state index in [-0.39, 0.29) is 5.78 Å². The number of halogens is 1. The summed E-state index contributed by atoms with van der Waals surface area (Å²) in [7, 11) is 0. The van der Waals surface area contributed by atoms with Crippen molar-refractivity contribution in [3.8, 4) is 5.82 Å². The minimum Gasteiger partial charge on any atom is -0.293 e. The summed E-state index contributed by atoms with van der Waals surface area (Å²) in [6, 6.07) is 3.55. The van der Waals surface area contributed by atoms with Gasteiger partial charge in [0.1, 0.15) is 12.1 Å². The first-order valence-corrected chi connectivity index (χ1v) is 5.47. The van der Waals surface area contributed by atoms with Crippen LogP contribution in [0.1, 0.15) is 10.4 Å². The normalized spacial score (nSPS) is 10.2. The first-order chi connectivity index (χ1) is 7.31. The lowest BCUT2D eigenvalue weighted by Gasteiger charge is -2.01. The Bertz CT molecular complexity index is 450.